The molecular formula is C26H40N4O3. The Hall–Kier alpha value is -2.12. The second-order valence-electron chi connectivity index (χ2n) is 10.2. The highest BCUT2D eigenvalue weighted by Crippen LogP contribution is 2.43. The van der Waals surface area contributed by atoms with Crippen LogP contribution in [0.1, 0.15) is 44.1 Å². The molecule has 7 heteroatoms. The van der Waals surface area contributed by atoms with Crippen LogP contribution in [0, 0.1) is 11.8 Å². The van der Waals surface area contributed by atoms with E-state index in [9.17, 15) is 9.59 Å². The summed E-state index contributed by atoms with van der Waals surface area (Å²) in [4.78, 5) is 31.9. The molecule has 2 saturated carbocycles. The minimum absolute atomic E-state index is 0.0302. The maximum atomic E-state index is 13.0. The number of rotatable bonds is 8. The van der Waals surface area contributed by atoms with Gasteiger partial charge < -0.3 is 19.9 Å². The van der Waals surface area contributed by atoms with Crippen LogP contribution in [0.3, 0.4) is 0 Å². The number of hydrogen-bond acceptors (Lipinski definition) is 4. The Morgan fingerprint density at radius 3 is 2.30 bits per heavy atom. The van der Waals surface area contributed by atoms with Crippen molar-refractivity contribution >= 4 is 11.9 Å². The minimum atomic E-state index is -0.0870. The molecule has 3 amide bonds. The van der Waals surface area contributed by atoms with Crippen molar-refractivity contribution < 1.29 is 14.3 Å². The van der Waals surface area contributed by atoms with Gasteiger partial charge in [-0.3, -0.25) is 9.69 Å². The molecule has 0 aromatic heterocycles. The van der Waals surface area contributed by atoms with E-state index < -0.39 is 0 Å². The number of urea groups is 1. The number of ether oxygens (including phenoxy) is 1. The Morgan fingerprint density at radius 2 is 1.70 bits per heavy atom. The lowest BCUT2D eigenvalue weighted by Crippen LogP contribution is -2.51. The van der Waals surface area contributed by atoms with Crippen LogP contribution in [0.4, 0.5) is 4.79 Å². The third-order valence-corrected chi connectivity index (χ3v) is 7.79. The summed E-state index contributed by atoms with van der Waals surface area (Å²) in [5.41, 5.74) is 1.41. The van der Waals surface area contributed by atoms with Crippen LogP contribution < -0.4 is 5.32 Å². The molecule has 0 bridgehead atoms. The molecule has 3 fully saturated rings. The summed E-state index contributed by atoms with van der Waals surface area (Å²) in [6.07, 6.45) is 6.60. The molecule has 1 aromatic rings. The lowest BCUT2D eigenvalue weighted by Gasteiger charge is -2.46. The van der Waals surface area contributed by atoms with Crippen molar-refractivity contribution in [2.75, 3.05) is 60.0 Å². The van der Waals surface area contributed by atoms with Crippen molar-refractivity contribution in [3.05, 3.63) is 35.9 Å². The van der Waals surface area contributed by atoms with Gasteiger partial charge >= 0.3 is 6.03 Å². The monoisotopic (exact) mass is 456 g/mol. The third kappa shape index (κ3) is 6.07. The fourth-order valence-corrected chi connectivity index (χ4v) is 5.35. The average molecular weight is 457 g/mol. The normalized spacial score (nSPS) is 25.7. The first kappa shape index (κ1) is 24.0. The zero-order valence-corrected chi connectivity index (χ0v) is 20.3. The standard InChI is InChI=1S/C26H40N4O3/c1-28(2)26(23-6-4-3-5-7-23)12-10-22(11-13-26)19-30(25(32)27-18-21-8-9-21)20-24(31)29-14-16-33-17-15-29/h3-7,21-22H,8-20H2,1-2H3,(H,27,32). The van der Waals surface area contributed by atoms with E-state index in [-0.39, 0.29) is 24.0 Å². The molecule has 0 radical (unpaired) electrons. The maximum Gasteiger partial charge on any atom is 0.317 e. The van der Waals surface area contributed by atoms with E-state index in [2.05, 4.69) is 54.6 Å². The van der Waals surface area contributed by atoms with Crippen LogP contribution in [-0.2, 0) is 15.1 Å². The molecule has 33 heavy (non-hydrogen) atoms. The van der Waals surface area contributed by atoms with Gasteiger partial charge in [0.05, 0.1) is 13.2 Å². The second-order valence-corrected chi connectivity index (χ2v) is 10.2. The second kappa shape index (κ2) is 10.9. The molecule has 1 heterocycles. The van der Waals surface area contributed by atoms with E-state index in [0.29, 0.717) is 44.7 Å². The Labute approximate surface area is 198 Å². The highest BCUT2D eigenvalue weighted by Gasteiger charge is 2.39. The molecule has 182 valence electrons. The van der Waals surface area contributed by atoms with Crippen LogP contribution in [0.15, 0.2) is 30.3 Å². The molecular weight excluding hydrogens is 416 g/mol. The zero-order valence-electron chi connectivity index (χ0n) is 20.3. The van der Waals surface area contributed by atoms with Gasteiger partial charge in [-0.2, -0.15) is 0 Å². The van der Waals surface area contributed by atoms with E-state index >= 15 is 0 Å². The van der Waals surface area contributed by atoms with E-state index in [1.165, 1.54) is 18.4 Å². The summed E-state index contributed by atoms with van der Waals surface area (Å²) < 4.78 is 5.38. The highest BCUT2D eigenvalue weighted by atomic mass is 16.5. The Bertz CT molecular complexity index is 782. The number of carbonyl (C=O) groups is 2. The van der Waals surface area contributed by atoms with Crippen molar-refractivity contribution in [1.82, 2.24) is 20.0 Å². The number of morpholine rings is 1. The van der Waals surface area contributed by atoms with Gasteiger partial charge in [0, 0.05) is 31.7 Å². The van der Waals surface area contributed by atoms with E-state index in [0.717, 1.165) is 32.2 Å². The summed E-state index contributed by atoms with van der Waals surface area (Å²) in [6, 6.07) is 10.7. The first-order valence-electron chi connectivity index (χ1n) is 12.6. The summed E-state index contributed by atoms with van der Waals surface area (Å²) in [7, 11) is 4.35. The Morgan fingerprint density at radius 1 is 1.03 bits per heavy atom. The van der Waals surface area contributed by atoms with Gasteiger partial charge in [-0.05, 0) is 70.0 Å². The van der Waals surface area contributed by atoms with Gasteiger partial charge in [-0.15, -0.1) is 0 Å². The smallest absolute Gasteiger partial charge is 0.317 e. The fraction of sp³-hybridized carbons (Fsp3) is 0.692. The van der Waals surface area contributed by atoms with Crippen LogP contribution in [0.2, 0.25) is 0 Å². The average Bonchev–Trinajstić information content (AvgIpc) is 3.68. The van der Waals surface area contributed by atoms with Crippen molar-refractivity contribution in [2.45, 2.75) is 44.1 Å². The SMILES string of the molecule is CN(C)C1(c2ccccc2)CCC(CN(CC(=O)N2CCOCC2)C(=O)NCC2CC2)CC1. The van der Waals surface area contributed by atoms with E-state index in [4.69, 9.17) is 4.74 Å². The largest absolute Gasteiger partial charge is 0.378 e. The molecule has 2 aliphatic carbocycles. The van der Waals surface area contributed by atoms with Crippen molar-refractivity contribution in [3.63, 3.8) is 0 Å². The quantitative estimate of drug-likeness (QED) is 0.653. The first-order valence-corrected chi connectivity index (χ1v) is 12.6. The van der Waals surface area contributed by atoms with Gasteiger partial charge in [0.2, 0.25) is 5.91 Å². The lowest BCUT2D eigenvalue weighted by atomic mass is 9.72. The number of nitrogens with zero attached hydrogens (tertiary/aromatic N) is 3. The number of nitrogens with one attached hydrogen (secondary N) is 1. The number of benzene rings is 1. The van der Waals surface area contributed by atoms with Crippen LogP contribution >= 0.6 is 0 Å². The van der Waals surface area contributed by atoms with E-state index in [1.54, 1.807) is 4.90 Å². The van der Waals surface area contributed by atoms with Crippen LogP contribution in [0.25, 0.3) is 0 Å². The predicted octanol–water partition coefficient (Wildman–Crippen LogP) is 2.91. The van der Waals surface area contributed by atoms with Gasteiger partial charge in [0.25, 0.3) is 0 Å². The molecule has 7 nitrogen and oxygen atoms in total. The summed E-state index contributed by atoms with van der Waals surface area (Å²) in [5.74, 6) is 1.06. The van der Waals surface area contributed by atoms with E-state index in [1.807, 2.05) is 4.90 Å². The molecule has 0 atom stereocenters. The molecule has 1 N–H and O–H groups in total. The molecule has 0 spiro atoms. The zero-order chi connectivity index (χ0) is 23.3. The maximum absolute atomic E-state index is 13.0. The van der Waals surface area contributed by atoms with Crippen LogP contribution in [-0.4, -0.2) is 86.7 Å². The summed E-state index contributed by atoms with van der Waals surface area (Å²) in [6.45, 7) is 3.91. The van der Waals surface area contributed by atoms with Gasteiger partial charge in [-0.25, -0.2) is 4.79 Å². The molecule has 4 rings (SSSR count). The topological polar surface area (TPSA) is 65.1 Å². The third-order valence-electron chi connectivity index (χ3n) is 7.79. The number of carbonyl (C=O) groups excluding carboxylic acids is 2. The molecule has 1 saturated heterocycles. The minimum Gasteiger partial charge on any atom is -0.378 e. The molecule has 3 aliphatic rings. The van der Waals surface area contributed by atoms with Gasteiger partial charge in [-0.1, -0.05) is 30.3 Å². The van der Waals surface area contributed by atoms with Crippen molar-refractivity contribution in [2.24, 2.45) is 11.8 Å². The van der Waals surface area contributed by atoms with Crippen molar-refractivity contribution in [1.29, 1.82) is 0 Å². The predicted molar refractivity (Wildman–Crippen MR) is 129 cm³/mol. The number of amides is 3. The fourth-order valence-electron chi connectivity index (χ4n) is 5.35. The number of hydrogen-bond donors (Lipinski definition) is 1. The Kier molecular flexibility index (Phi) is 7.91. The molecule has 1 aromatic carbocycles. The molecule has 0 unspecified atom stereocenters. The van der Waals surface area contributed by atoms with Crippen molar-refractivity contribution in [3.8, 4) is 0 Å². The van der Waals surface area contributed by atoms with Crippen LogP contribution in [0.5, 0.6) is 0 Å². The first-order chi connectivity index (χ1) is 16.0. The lowest BCUT2D eigenvalue weighted by molar-refractivity contribution is -0.136. The van der Waals surface area contributed by atoms with Gasteiger partial charge in [0.1, 0.15) is 6.54 Å². The molecule has 1 aliphatic heterocycles. The van der Waals surface area contributed by atoms with Gasteiger partial charge in [0.15, 0.2) is 0 Å². The summed E-state index contributed by atoms with van der Waals surface area (Å²) in [5, 5.41) is 3.09. The summed E-state index contributed by atoms with van der Waals surface area (Å²) >= 11 is 0. The highest BCUT2D eigenvalue weighted by molar-refractivity contribution is 5.84. The Balaban J connectivity index is 1.39.